The zero-order valence-electron chi connectivity index (χ0n) is 9.84. The first-order valence-electron chi connectivity index (χ1n) is 5.44. The van der Waals surface area contributed by atoms with Gasteiger partial charge >= 0.3 is 5.97 Å². The van der Waals surface area contributed by atoms with Crippen LogP contribution in [0, 0.1) is 0 Å². The van der Waals surface area contributed by atoms with Crippen molar-refractivity contribution >= 4 is 5.97 Å². The normalized spacial score (nSPS) is 19.5. The van der Waals surface area contributed by atoms with Crippen LogP contribution >= 0.6 is 0 Å². The Morgan fingerprint density at radius 2 is 1.93 bits per heavy atom. The lowest BCUT2D eigenvalue weighted by Gasteiger charge is -2.35. The van der Waals surface area contributed by atoms with Gasteiger partial charge < -0.3 is 15.2 Å². The van der Waals surface area contributed by atoms with Crippen LogP contribution in [0.2, 0.25) is 0 Å². The molecule has 0 saturated heterocycles. The van der Waals surface area contributed by atoms with Crippen LogP contribution in [0.25, 0.3) is 0 Å². The molecule has 88 valence electrons. The lowest BCUT2D eigenvalue weighted by Crippen LogP contribution is -2.54. The Morgan fingerprint density at radius 1 is 1.33 bits per heavy atom. The fourth-order valence-corrected chi connectivity index (χ4v) is 1.39. The van der Waals surface area contributed by atoms with E-state index in [-0.39, 0.29) is 18.2 Å². The third-order valence-corrected chi connectivity index (χ3v) is 2.50. The van der Waals surface area contributed by atoms with E-state index in [1.807, 2.05) is 20.8 Å². The Bertz CT molecular complexity index is 228. The second-order valence-corrected chi connectivity index (χ2v) is 5.11. The number of carbonyl (C=O) groups is 1. The summed E-state index contributed by atoms with van der Waals surface area (Å²) >= 11 is 0. The van der Waals surface area contributed by atoms with E-state index in [1.54, 1.807) is 0 Å². The summed E-state index contributed by atoms with van der Waals surface area (Å²) in [5.74, 6) is -0.286. The maximum absolute atomic E-state index is 11.5. The number of hydrogen-bond donors (Lipinski definition) is 1. The van der Waals surface area contributed by atoms with Crippen molar-refractivity contribution in [2.45, 2.75) is 51.2 Å². The number of rotatable bonds is 4. The summed E-state index contributed by atoms with van der Waals surface area (Å²) < 4.78 is 10.5. The summed E-state index contributed by atoms with van der Waals surface area (Å²) in [7, 11) is 0. The molecule has 0 aromatic heterocycles. The molecular weight excluding hydrogens is 194 g/mol. The molecule has 0 unspecified atom stereocenters. The molecule has 4 heteroatoms. The number of ether oxygens (including phenoxy) is 2. The van der Waals surface area contributed by atoms with Crippen LogP contribution in [0.5, 0.6) is 0 Å². The fraction of sp³-hybridized carbons (Fsp3) is 0.909. The molecule has 1 saturated carbocycles. The van der Waals surface area contributed by atoms with Crippen LogP contribution in [0.4, 0.5) is 0 Å². The number of esters is 1. The summed E-state index contributed by atoms with van der Waals surface area (Å²) in [4.78, 5) is 11.5. The van der Waals surface area contributed by atoms with Crippen LogP contribution < -0.4 is 5.73 Å². The number of carbonyl (C=O) groups excluding carboxylic acids is 1. The molecule has 1 aliphatic carbocycles. The largest absolute Gasteiger partial charge is 0.462 e. The molecule has 15 heavy (non-hydrogen) atoms. The molecule has 1 aliphatic rings. The highest BCUT2D eigenvalue weighted by Crippen LogP contribution is 2.30. The van der Waals surface area contributed by atoms with Gasteiger partial charge in [-0.25, -0.2) is 0 Å². The SMILES string of the molecule is CC(C)(C)OCCOC(=O)C1(N)CCC1. The Labute approximate surface area is 91.1 Å². The highest BCUT2D eigenvalue weighted by molar-refractivity contribution is 5.81. The Kier molecular flexibility index (Phi) is 3.73. The van der Waals surface area contributed by atoms with Crippen molar-refractivity contribution in [3.8, 4) is 0 Å². The van der Waals surface area contributed by atoms with Crippen LogP contribution in [-0.4, -0.2) is 30.3 Å². The summed E-state index contributed by atoms with van der Waals surface area (Å²) in [6.45, 7) is 6.60. The summed E-state index contributed by atoms with van der Waals surface area (Å²) in [5, 5.41) is 0. The Hall–Kier alpha value is -0.610. The van der Waals surface area contributed by atoms with Gasteiger partial charge in [0, 0.05) is 0 Å². The predicted molar refractivity (Wildman–Crippen MR) is 57.4 cm³/mol. The van der Waals surface area contributed by atoms with Gasteiger partial charge in [0.25, 0.3) is 0 Å². The van der Waals surface area contributed by atoms with Crippen LogP contribution in [0.1, 0.15) is 40.0 Å². The van der Waals surface area contributed by atoms with Crippen LogP contribution in [-0.2, 0) is 14.3 Å². The van der Waals surface area contributed by atoms with Crippen molar-refractivity contribution in [1.29, 1.82) is 0 Å². The van der Waals surface area contributed by atoms with E-state index in [0.717, 1.165) is 19.3 Å². The molecule has 0 aromatic carbocycles. The van der Waals surface area contributed by atoms with Gasteiger partial charge in [0.1, 0.15) is 12.1 Å². The summed E-state index contributed by atoms with van der Waals surface area (Å²) in [5.41, 5.74) is 4.90. The van der Waals surface area contributed by atoms with Gasteiger partial charge in [-0.2, -0.15) is 0 Å². The zero-order chi connectivity index (χ0) is 11.5. The molecule has 0 atom stereocenters. The van der Waals surface area contributed by atoms with Crippen molar-refractivity contribution < 1.29 is 14.3 Å². The predicted octanol–water partition coefficient (Wildman–Crippen LogP) is 1.23. The summed E-state index contributed by atoms with van der Waals surface area (Å²) in [6, 6.07) is 0. The number of hydrogen-bond acceptors (Lipinski definition) is 4. The maximum Gasteiger partial charge on any atom is 0.326 e. The van der Waals surface area contributed by atoms with Gasteiger partial charge in [-0.05, 0) is 40.0 Å². The average molecular weight is 215 g/mol. The van der Waals surface area contributed by atoms with E-state index in [9.17, 15) is 4.79 Å². The summed E-state index contributed by atoms with van der Waals surface area (Å²) in [6.07, 6.45) is 2.50. The quantitative estimate of drug-likeness (QED) is 0.566. The first-order chi connectivity index (χ1) is 6.83. The van der Waals surface area contributed by atoms with E-state index in [4.69, 9.17) is 15.2 Å². The molecular formula is C11H21NO3. The first kappa shape index (κ1) is 12.5. The third-order valence-electron chi connectivity index (χ3n) is 2.50. The van der Waals surface area contributed by atoms with E-state index >= 15 is 0 Å². The molecule has 0 aliphatic heterocycles. The zero-order valence-corrected chi connectivity index (χ0v) is 9.84. The van der Waals surface area contributed by atoms with Crippen molar-refractivity contribution in [3.63, 3.8) is 0 Å². The molecule has 0 amide bonds. The van der Waals surface area contributed by atoms with Gasteiger partial charge in [0.2, 0.25) is 0 Å². The topological polar surface area (TPSA) is 61.5 Å². The first-order valence-corrected chi connectivity index (χ1v) is 5.44. The monoisotopic (exact) mass is 215 g/mol. The van der Waals surface area contributed by atoms with Crippen molar-refractivity contribution in [2.75, 3.05) is 13.2 Å². The Morgan fingerprint density at radius 3 is 2.33 bits per heavy atom. The highest BCUT2D eigenvalue weighted by Gasteiger charge is 2.41. The molecule has 0 bridgehead atoms. The van der Waals surface area contributed by atoms with Crippen molar-refractivity contribution in [3.05, 3.63) is 0 Å². The van der Waals surface area contributed by atoms with Gasteiger partial charge in [-0.15, -0.1) is 0 Å². The number of nitrogens with two attached hydrogens (primary N) is 1. The van der Waals surface area contributed by atoms with E-state index < -0.39 is 5.54 Å². The maximum atomic E-state index is 11.5. The van der Waals surface area contributed by atoms with Crippen molar-refractivity contribution in [2.24, 2.45) is 5.73 Å². The smallest absolute Gasteiger partial charge is 0.326 e. The molecule has 0 aromatic rings. The van der Waals surface area contributed by atoms with Crippen LogP contribution in [0.15, 0.2) is 0 Å². The molecule has 0 heterocycles. The molecule has 1 fully saturated rings. The fourth-order valence-electron chi connectivity index (χ4n) is 1.39. The highest BCUT2D eigenvalue weighted by atomic mass is 16.6. The van der Waals surface area contributed by atoms with E-state index in [0.29, 0.717) is 6.61 Å². The lowest BCUT2D eigenvalue weighted by atomic mass is 9.78. The molecule has 4 nitrogen and oxygen atoms in total. The minimum absolute atomic E-state index is 0.191. The van der Waals surface area contributed by atoms with Gasteiger partial charge in [0.15, 0.2) is 0 Å². The molecule has 2 N–H and O–H groups in total. The van der Waals surface area contributed by atoms with Gasteiger partial charge in [-0.3, -0.25) is 4.79 Å². The van der Waals surface area contributed by atoms with E-state index in [2.05, 4.69) is 0 Å². The molecule has 0 radical (unpaired) electrons. The van der Waals surface area contributed by atoms with Crippen LogP contribution in [0.3, 0.4) is 0 Å². The van der Waals surface area contributed by atoms with Gasteiger partial charge in [-0.1, -0.05) is 0 Å². The Balaban J connectivity index is 2.13. The third kappa shape index (κ3) is 3.80. The van der Waals surface area contributed by atoms with Gasteiger partial charge in [0.05, 0.1) is 12.2 Å². The second-order valence-electron chi connectivity index (χ2n) is 5.11. The minimum Gasteiger partial charge on any atom is -0.462 e. The molecule has 0 spiro atoms. The minimum atomic E-state index is -0.707. The standard InChI is InChI=1S/C11H21NO3/c1-10(2,3)15-8-7-14-9(13)11(12)5-4-6-11/h4-8,12H2,1-3H3. The second kappa shape index (κ2) is 4.49. The lowest BCUT2D eigenvalue weighted by molar-refractivity contribution is -0.156. The average Bonchev–Trinajstić information content (AvgIpc) is 2.06. The van der Waals surface area contributed by atoms with Crippen molar-refractivity contribution in [1.82, 2.24) is 0 Å². The molecule has 1 rings (SSSR count). The van der Waals surface area contributed by atoms with E-state index in [1.165, 1.54) is 0 Å².